The molecule has 2 heterocycles. The number of amides is 1. The van der Waals surface area contributed by atoms with Gasteiger partial charge in [-0.15, -0.1) is 0 Å². The van der Waals surface area contributed by atoms with Crippen LogP contribution in [0.1, 0.15) is 24.8 Å². The molecule has 0 radical (unpaired) electrons. The molecule has 0 atom stereocenters. The van der Waals surface area contributed by atoms with E-state index in [1.165, 1.54) is 12.1 Å². The van der Waals surface area contributed by atoms with E-state index >= 15 is 0 Å². The van der Waals surface area contributed by atoms with Crippen molar-refractivity contribution < 1.29 is 13.9 Å². The minimum Gasteiger partial charge on any atom is -0.489 e. The first kappa shape index (κ1) is 19.7. The molecule has 2 aromatic carbocycles. The van der Waals surface area contributed by atoms with Gasteiger partial charge in [-0.3, -0.25) is 9.78 Å². The Kier molecular flexibility index (Phi) is 4.21. The second kappa shape index (κ2) is 7.04. The summed E-state index contributed by atoms with van der Waals surface area (Å²) >= 11 is 0. The third kappa shape index (κ3) is 3.05. The summed E-state index contributed by atoms with van der Waals surface area (Å²) in [6.07, 6.45) is 5.64. The molecule has 0 spiro atoms. The van der Waals surface area contributed by atoms with Crippen LogP contribution in [0.2, 0.25) is 0 Å². The van der Waals surface area contributed by atoms with Gasteiger partial charge < -0.3 is 15.0 Å². The van der Waals surface area contributed by atoms with E-state index in [-0.39, 0.29) is 22.7 Å². The van der Waals surface area contributed by atoms with Gasteiger partial charge in [-0.25, -0.2) is 4.39 Å². The maximum atomic E-state index is 13.6. The van der Waals surface area contributed by atoms with Crippen molar-refractivity contribution in [2.45, 2.75) is 24.8 Å². The first-order chi connectivity index (χ1) is 16.0. The van der Waals surface area contributed by atoms with Crippen LogP contribution in [0.3, 0.4) is 0 Å². The molecule has 1 amide bonds. The zero-order chi connectivity index (χ0) is 22.6. The fourth-order valence-corrected chi connectivity index (χ4v) is 5.59. The maximum absolute atomic E-state index is 13.6. The predicted molar refractivity (Wildman–Crippen MR) is 121 cm³/mol. The number of benzene rings is 2. The molecule has 3 aromatic rings. The molecule has 1 aliphatic heterocycles. The van der Waals surface area contributed by atoms with Gasteiger partial charge in [0.1, 0.15) is 18.1 Å². The number of hydrogen-bond donors (Lipinski definition) is 1. The van der Waals surface area contributed by atoms with Gasteiger partial charge in [0, 0.05) is 23.0 Å². The summed E-state index contributed by atoms with van der Waals surface area (Å²) in [5.41, 5.74) is 3.21. The van der Waals surface area contributed by atoms with Crippen LogP contribution in [0, 0.1) is 22.6 Å². The number of nitrogens with zero attached hydrogens (tertiary/aromatic N) is 3. The van der Waals surface area contributed by atoms with E-state index in [9.17, 15) is 9.18 Å². The summed E-state index contributed by atoms with van der Waals surface area (Å²) in [6, 6.07) is 15.8. The second-order valence-electron chi connectivity index (χ2n) is 9.26. The van der Waals surface area contributed by atoms with Crippen LogP contribution in [0.4, 0.5) is 15.8 Å². The normalized spacial score (nSPS) is 24.4. The van der Waals surface area contributed by atoms with Gasteiger partial charge in [0.05, 0.1) is 29.8 Å². The highest BCUT2D eigenvalue weighted by Gasteiger charge is 2.72. The van der Waals surface area contributed by atoms with Gasteiger partial charge in [0.15, 0.2) is 5.75 Å². The van der Waals surface area contributed by atoms with Crippen LogP contribution < -0.4 is 15.0 Å². The zero-order valence-corrected chi connectivity index (χ0v) is 17.8. The molecule has 3 fully saturated rings. The number of aromatic nitrogens is 1. The van der Waals surface area contributed by atoms with Gasteiger partial charge in [-0.1, -0.05) is 18.2 Å². The largest absolute Gasteiger partial charge is 0.489 e. The highest BCUT2D eigenvalue weighted by Crippen LogP contribution is 2.69. The average Bonchev–Trinajstić information content (AvgIpc) is 2.79. The van der Waals surface area contributed by atoms with Crippen molar-refractivity contribution in [2.75, 3.05) is 23.4 Å². The minimum absolute atomic E-state index is 0.105. The molecule has 33 heavy (non-hydrogen) atoms. The van der Waals surface area contributed by atoms with Gasteiger partial charge in [-0.2, -0.15) is 5.26 Å². The van der Waals surface area contributed by atoms with E-state index in [1.54, 1.807) is 30.6 Å². The molecule has 2 bridgehead atoms. The fourth-order valence-electron chi connectivity index (χ4n) is 5.59. The van der Waals surface area contributed by atoms with Crippen LogP contribution in [-0.2, 0) is 4.79 Å². The Hall–Kier alpha value is -3.92. The van der Waals surface area contributed by atoms with Crippen molar-refractivity contribution in [1.29, 1.82) is 5.26 Å². The highest BCUT2D eigenvalue weighted by atomic mass is 19.1. The SMILES string of the molecule is N#Cc1ccc(-c2cncc3c2OCCN3C(=O)C23CC(Nc4cccc(F)c4)(C2)C3)cc1. The summed E-state index contributed by atoms with van der Waals surface area (Å²) in [5, 5.41) is 12.5. The highest BCUT2D eigenvalue weighted by molar-refractivity contribution is 6.02. The Balaban J connectivity index is 1.23. The Morgan fingerprint density at radius 2 is 1.94 bits per heavy atom. The quantitative estimate of drug-likeness (QED) is 0.645. The molecule has 7 heteroatoms. The Morgan fingerprint density at radius 3 is 2.67 bits per heavy atom. The lowest BCUT2D eigenvalue weighted by molar-refractivity contribution is -0.164. The number of carbonyl (C=O) groups is 1. The number of nitriles is 1. The molecule has 3 aliphatic carbocycles. The third-order valence-electron chi connectivity index (χ3n) is 7.02. The number of carbonyl (C=O) groups excluding carboxylic acids is 1. The smallest absolute Gasteiger partial charge is 0.233 e. The molecule has 6 nitrogen and oxygen atoms in total. The van der Waals surface area contributed by atoms with E-state index < -0.39 is 0 Å². The summed E-state index contributed by atoms with van der Waals surface area (Å²) in [5.74, 6) is 0.482. The lowest BCUT2D eigenvalue weighted by Gasteiger charge is -2.70. The summed E-state index contributed by atoms with van der Waals surface area (Å²) in [4.78, 5) is 19.8. The van der Waals surface area contributed by atoms with Gasteiger partial charge in [-0.05, 0) is 55.2 Å². The molecular formula is C26H21FN4O2. The van der Waals surface area contributed by atoms with Gasteiger partial charge in [0.25, 0.3) is 0 Å². The molecule has 0 saturated heterocycles. The number of fused-ring (bicyclic) bond motifs is 1. The Labute approximate surface area is 190 Å². The topological polar surface area (TPSA) is 78.2 Å². The van der Waals surface area contributed by atoms with Gasteiger partial charge in [0.2, 0.25) is 5.91 Å². The van der Waals surface area contributed by atoms with Crippen LogP contribution in [-0.4, -0.2) is 29.6 Å². The van der Waals surface area contributed by atoms with E-state index in [0.29, 0.717) is 30.2 Å². The van der Waals surface area contributed by atoms with Crippen molar-refractivity contribution in [3.05, 3.63) is 72.3 Å². The molecule has 4 aliphatic rings. The first-order valence-electron chi connectivity index (χ1n) is 11.0. The first-order valence-corrected chi connectivity index (χ1v) is 11.0. The summed E-state index contributed by atoms with van der Waals surface area (Å²) in [6.45, 7) is 0.894. The Morgan fingerprint density at radius 1 is 1.15 bits per heavy atom. The van der Waals surface area contributed by atoms with E-state index in [4.69, 9.17) is 10.00 Å². The van der Waals surface area contributed by atoms with Gasteiger partial charge >= 0.3 is 0 Å². The third-order valence-corrected chi connectivity index (χ3v) is 7.02. The van der Waals surface area contributed by atoms with Crippen molar-refractivity contribution >= 4 is 17.3 Å². The molecular weight excluding hydrogens is 419 g/mol. The summed E-state index contributed by atoms with van der Waals surface area (Å²) < 4.78 is 19.5. The fraction of sp³-hybridized carbons (Fsp3) is 0.269. The van der Waals surface area contributed by atoms with Crippen molar-refractivity contribution in [1.82, 2.24) is 4.98 Å². The molecule has 1 N–H and O–H groups in total. The monoisotopic (exact) mass is 440 g/mol. The number of hydrogen-bond acceptors (Lipinski definition) is 5. The molecule has 1 aromatic heterocycles. The lowest BCUT2D eigenvalue weighted by atomic mass is 9.39. The molecule has 7 rings (SSSR count). The maximum Gasteiger partial charge on any atom is 0.233 e. The van der Waals surface area contributed by atoms with Crippen LogP contribution in [0.5, 0.6) is 5.75 Å². The van der Waals surface area contributed by atoms with Crippen molar-refractivity contribution in [3.8, 4) is 22.9 Å². The number of ether oxygens (including phenoxy) is 1. The van der Waals surface area contributed by atoms with E-state index in [1.807, 2.05) is 23.1 Å². The van der Waals surface area contributed by atoms with Crippen molar-refractivity contribution in [3.63, 3.8) is 0 Å². The lowest BCUT2D eigenvalue weighted by Crippen LogP contribution is -2.75. The second-order valence-corrected chi connectivity index (χ2v) is 9.26. The molecule has 3 saturated carbocycles. The number of rotatable bonds is 4. The Bertz CT molecular complexity index is 1290. The molecule has 164 valence electrons. The van der Waals surface area contributed by atoms with E-state index in [0.717, 1.165) is 36.1 Å². The van der Waals surface area contributed by atoms with Crippen molar-refractivity contribution in [2.24, 2.45) is 5.41 Å². The van der Waals surface area contributed by atoms with Crippen LogP contribution in [0.15, 0.2) is 60.9 Å². The van der Waals surface area contributed by atoms with Crippen LogP contribution in [0.25, 0.3) is 11.1 Å². The number of halogens is 1. The number of anilines is 2. The predicted octanol–water partition coefficient (Wildman–Crippen LogP) is 4.52. The summed E-state index contributed by atoms with van der Waals surface area (Å²) in [7, 11) is 0. The van der Waals surface area contributed by atoms with E-state index in [2.05, 4.69) is 16.4 Å². The average molecular weight is 440 g/mol. The number of nitrogens with one attached hydrogen (secondary N) is 1. The standard InChI is InChI=1S/C26H21FN4O2/c27-19-2-1-3-20(10-19)30-26-14-25(15-26,16-26)24(32)31-8-9-33-23-21(12-29-13-22(23)31)18-6-4-17(11-28)5-7-18/h1-7,10,12-13,30H,8-9,14-16H2. The number of pyridine rings is 1. The van der Waals surface area contributed by atoms with Crippen LogP contribution >= 0.6 is 0 Å². The minimum atomic E-state index is -0.376. The molecule has 0 unspecified atom stereocenters. The zero-order valence-electron chi connectivity index (χ0n) is 17.8.